The number of β-amino-alcohol motifs (C(OH)–C–C–N with tert-alkyl or cyclic N) is 1. The maximum atomic E-state index is 14.8. The number of nitrogens with two attached hydrogens (primary N) is 1. The lowest BCUT2D eigenvalue weighted by Gasteiger charge is -2.37. The number of carbonyl (C=O) groups is 1. The van der Waals surface area contributed by atoms with E-state index >= 15 is 0 Å². The van der Waals surface area contributed by atoms with E-state index in [2.05, 4.69) is 4.90 Å². The number of rotatable bonds is 8. The van der Waals surface area contributed by atoms with Gasteiger partial charge in [0.2, 0.25) is 10.0 Å². The van der Waals surface area contributed by atoms with Crippen LogP contribution in [0.15, 0.2) is 48.5 Å². The number of likely N-dealkylation sites (tertiary alicyclic amines) is 1. The Labute approximate surface area is 194 Å². The van der Waals surface area contributed by atoms with Gasteiger partial charge in [-0.15, -0.1) is 0 Å². The number of aliphatic hydroxyl groups is 1. The minimum Gasteiger partial charge on any atom is -0.389 e. The molecule has 0 radical (unpaired) electrons. The number of anilines is 1. The molecule has 0 spiro atoms. The molecule has 2 aromatic carbocycles. The Bertz CT molecular complexity index is 1070. The van der Waals surface area contributed by atoms with Crippen LogP contribution in [-0.4, -0.2) is 54.8 Å². The first-order valence-corrected chi connectivity index (χ1v) is 12.3. The number of carbonyl (C=O) groups excluding carboxylic acids is 1. The molecule has 1 aliphatic heterocycles. The summed E-state index contributed by atoms with van der Waals surface area (Å²) in [6.07, 6.45) is 0.833. The fourth-order valence-corrected chi connectivity index (χ4v) is 5.97. The second kappa shape index (κ2) is 10.2. The van der Waals surface area contributed by atoms with Crippen LogP contribution in [0.2, 0.25) is 0 Å². The Morgan fingerprint density at radius 2 is 1.85 bits per heavy atom. The predicted molar refractivity (Wildman–Crippen MR) is 125 cm³/mol. The van der Waals surface area contributed by atoms with Crippen LogP contribution >= 0.6 is 0 Å². The van der Waals surface area contributed by atoms with Gasteiger partial charge in [-0.2, -0.15) is 0 Å². The highest BCUT2D eigenvalue weighted by Gasteiger charge is 2.36. The summed E-state index contributed by atoms with van der Waals surface area (Å²) in [5.41, 5.74) is 1.73. The lowest BCUT2D eigenvalue weighted by atomic mass is 10.1. The van der Waals surface area contributed by atoms with Gasteiger partial charge in [0, 0.05) is 17.7 Å². The molecule has 3 rings (SSSR count). The summed E-state index contributed by atoms with van der Waals surface area (Å²) in [4.78, 5) is 13.7. The molecule has 10 heteroatoms. The van der Waals surface area contributed by atoms with E-state index in [1.165, 1.54) is 16.4 Å². The van der Waals surface area contributed by atoms with Crippen molar-refractivity contribution in [3.05, 3.63) is 65.5 Å². The Morgan fingerprint density at radius 1 is 1.21 bits per heavy atom. The summed E-state index contributed by atoms with van der Waals surface area (Å²) in [5.74, 6) is 3.78. The van der Waals surface area contributed by atoms with E-state index in [4.69, 9.17) is 5.84 Å². The molecule has 4 N–H and O–H groups in total. The Morgan fingerprint density at radius 3 is 2.39 bits per heavy atom. The highest BCUT2D eigenvalue weighted by atomic mass is 32.2. The topological polar surface area (TPSA) is 116 Å². The summed E-state index contributed by atoms with van der Waals surface area (Å²) < 4.78 is 43.4. The van der Waals surface area contributed by atoms with Crippen LogP contribution in [0.3, 0.4) is 0 Å². The number of hydrogen-bond acceptors (Lipinski definition) is 6. The molecule has 0 atom stereocenters. The van der Waals surface area contributed by atoms with Crippen LogP contribution in [0.4, 0.5) is 10.1 Å². The third kappa shape index (κ3) is 6.29. The Balaban J connectivity index is 1.85. The van der Waals surface area contributed by atoms with E-state index in [0.29, 0.717) is 38.2 Å². The second-order valence-electron chi connectivity index (χ2n) is 8.95. The summed E-state index contributed by atoms with van der Waals surface area (Å²) in [6, 6.07) is 12.4. The SMILES string of the molecule is CC(C)(O)CN1CCC(S(=O)(=O)N(Cc2ccc(C(=O)NN)cc2F)c2ccccc2)CC1. The maximum Gasteiger partial charge on any atom is 0.265 e. The van der Waals surface area contributed by atoms with Gasteiger partial charge in [0.25, 0.3) is 5.91 Å². The zero-order chi connectivity index (χ0) is 24.2. The minimum absolute atomic E-state index is 0.0482. The average Bonchev–Trinajstić information content (AvgIpc) is 2.77. The van der Waals surface area contributed by atoms with Crippen molar-refractivity contribution in [3.63, 3.8) is 0 Å². The number of nitrogen functional groups attached to an aromatic ring is 1. The van der Waals surface area contributed by atoms with Crippen molar-refractivity contribution in [2.24, 2.45) is 5.84 Å². The van der Waals surface area contributed by atoms with Gasteiger partial charge in [-0.05, 0) is 64.0 Å². The largest absolute Gasteiger partial charge is 0.389 e. The molecule has 2 aromatic rings. The molecule has 1 heterocycles. The molecular formula is C23H31FN4O4S. The molecule has 1 saturated heterocycles. The fourth-order valence-electron chi connectivity index (χ4n) is 4.07. The quantitative estimate of drug-likeness (QED) is 0.304. The molecule has 1 aliphatic rings. The molecule has 180 valence electrons. The number of hydrazine groups is 1. The second-order valence-corrected chi connectivity index (χ2v) is 11.1. The zero-order valence-electron chi connectivity index (χ0n) is 18.9. The van der Waals surface area contributed by atoms with Gasteiger partial charge in [-0.25, -0.2) is 18.7 Å². The number of halogens is 1. The van der Waals surface area contributed by atoms with Crippen molar-refractivity contribution in [2.45, 2.75) is 44.1 Å². The molecule has 33 heavy (non-hydrogen) atoms. The van der Waals surface area contributed by atoms with Crippen molar-refractivity contribution in [3.8, 4) is 0 Å². The van der Waals surface area contributed by atoms with Crippen LogP contribution in [0.5, 0.6) is 0 Å². The van der Waals surface area contributed by atoms with Crippen molar-refractivity contribution >= 4 is 21.6 Å². The number of piperidine rings is 1. The third-order valence-electron chi connectivity index (χ3n) is 5.68. The third-order valence-corrected chi connectivity index (χ3v) is 7.95. The number of hydrogen-bond donors (Lipinski definition) is 3. The minimum atomic E-state index is -3.81. The van der Waals surface area contributed by atoms with Gasteiger partial charge in [-0.3, -0.25) is 14.5 Å². The van der Waals surface area contributed by atoms with Gasteiger partial charge in [0.1, 0.15) is 5.82 Å². The van der Waals surface area contributed by atoms with Gasteiger partial charge < -0.3 is 10.0 Å². The van der Waals surface area contributed by atoms with Crippen molar-refractivity contribution in [2.75, 3.05) is 23.9 Å². The van der Waals surface area contributed by atoms with Crippen molar-refractivity contribution in [1.29, 1.82) is 0 Å². The molecule has 1 amide bonds. The van der Waals surface area contributed by atoms with E-state index in [0.717, 1.165) is 6.07 Å². The van der Waals surface area contributed by atoms with Crippen LogP contribution in [0.1, 0.15) is 42.6 Å². The van der Waals surface area contributed by atoms with Crippen LogP contribution in [-0.2, 0) is 16.6 Å². The van der Waals surface area contributed by atoms with Gasteiger partial charge in [-0.1, -0.05) is 24.3 Å². The van der Waals surface area contributed by atoms with Gasteiger partial charge in [0.15, 0.2) is 0 Å². The van der Waals surface area contributed by atoms with Gasteiger partial charge >= 0.3 is 0 Å². The highest BCUT2D eigenvalue weighted by molar-refractivity contribution is 7.93. The smallest absolute Gasteiger partial charge is 0.265 e. The highest BCUT2D eigenvalue weighted by Crippen LogP contribution is 2.29. The fraction of sp³-hybridized carbons (Fsp3) is 0.435. The predicted octanol–water partition coefficient (Wildman–Crippen LogP) is 2.00. The number of sulfonamides is 1. The lowest BCUT2D eigenvalue weighted by molar-refractivity contribution is 0.0305. The van der Waals surface area contributed by atoms with Crippen LogP contribution < -0.4 is 15.6 Å². The first-order valence-electron chi connectivity index (χ1n) is 10.8. The number of nitrogens with one attached hydrogen (secondary N) is 1. The molecule has 0 bridgehead atoms. The Kier molecular flexibility index (Phi) is 7.73. The monoisotopic (exact) mass is 478 g/mol. The zero-order valence-corrected chi connectivity index (χ0v) is 19.7. The number of para-hydroxylation sites is 1. The normalized spacial score (nSPS) is 15.9. The molecule has 1 fully saturated rings. The van der Waals surface area contributed by atoms with E-state index in [1.54, 1.807) is 44.2 Å². The number of nitrogens with zero attached hydrogens (tertiary/aromatic N) is 2. The van der Waals surface area contributed by atoms with Crippen LogP contribution in [0.25, 0.3) is 0 Å². The van der Waals surface area contributed by atoms with Crippen molar-refractivity contribution < 1.29 is 22.7 Å². The van der Waals surface area contributed by atoms with E-state index in [-0.39, 0.29) is 17.7 Å². The summed E-state index contributed by atoms with van der Waals surface area (Å²) in [7, 11) is -3.81. The van der Waals surface area contributed by atoms with E-state index in [1.807, 2.05) is 5.43 Å². The van der Waals surface area contributed by atoms with E-state index in [9.17, 15) is 22.7 Å². The molecule has 8 nitrogen and oxygen atoms in total. The molecule has 0 saturated carbocycles. The number of benzene rings is 2. The van der Waals surface area contributed by atoms with Crippen molar-refractivity contribution in [1.82, 2.24) is 10.3 Å². The lowest BCUT2D eigenvalue weighted by Crippen LogP contribution is -2.48. The first kappa shape index (κ1) is 25.1. The Hall–Kier alpha value is -2.53. The summed E-state index contributed by atoms with van der Waals surface area (Å²) >= 11 is 0. The maximum absolute atomic E-state index is 14.8. The summed E-state index contributed by atoms with van der Waals surface area (Å²) in [5, 5.41) is 9.43. The molecule has 0 unspecified atom stereocenters. The number of amides is 1. The molecule has 0 aromatic heterocycles. The van der Waals surface area contributed by atoms with Gasteiger partial charge in [0.05, 0.1) is 23.1 Å². The van der Waals surface area contributed by atoms with E-state index < -0.39 is 32.6 Å². The standard InChI is InChI=1S/C23H31FN4O4S/c1-23(2,30)16-27-12-10-20(11-13-27)33(31,32)28(19-6-4-3-5-7-19)15-18-9-8-17(14-21(18)24)22(29)26-25/h3-9,14,20,30H,10-13,15-16,25H2,1-2H3,(H,26,29). The molecular weight excluding hydrogens is 447 g/mol. The summed E-state index contributed by atoms with van der Waals surface area (Å²) in [6.45, 7) is 4.82. The van der Waals surface area contributed by atoms with Crippen LogP contribution in [0, 0.1) is 5.82 Å². The molecule has 0 aliphatic carbocycles. The first-order chi connectivity index (χ1) is 15.5. The average molecular weight is 479 g/mol.